The third kappa shape index (κ3) is 8.26. The van der Waals surface area contributed by atoms with E-state index in [1.165, 1.54) is 59.2 Å². The number of Topliss-reactive ketones (excluding diaryl/α,β-unsaturated/α-hetero) is 2. The molecule has 1 N–H and O–H groups in total. The first kappa shape index (κ1) is 37.7. The lowest BCUT2D eigenvalue weighted by atomic mass is 9.97. The number of halogens is 3. The first-order chi connectivity index (χ1) is 27.4. The Hall–Kier alpha value is -7.57. The molecule has 8 aromatic rings. The SMILES string of the molecule is Cc1ccc(CC(=O)c2cc([C@@H](C)CC(=O)c3cnn4cc(-c5ccncn5)cnc34)no2)cc1C(F)(F)F.O=C(O)c1cnn2cc(-c3ccncn3)cnc12. The minimum Gasteiger partial charge on any atom is -0.477 e. The molecule has 0 saturated carbocycles. The van der Waals surface area contributed by atoms with E-state index in [9.17, 15) is 27.6 Å². The quantitative estimate of drug-likeness (QED) is 0.154. The molecule has 19 heteroatoms. The fourth-order valence-electron chi connectivity index (χ4n) is 5.79. The zero-order chi connectivity index (χ0) is 40.3. The fraction of sp³-hybridized carbons (Fsp3) is 0.158. The molecule has 0 aliphatic carbocycles. The zero-order valence-electron chi connectivity index (χ0n) is 29.9. The third-order valence-corrected chi connectivity index (χ3v) is 8.77. The molecule has 57 heavy (non-hydrogen) atoms. The van der Waals surface area contributed by atoms with Gasteiger partial charge in [-0.2, -0.15) is 23.4 Å². The van der Waals surface area contributed by atoms with Crippen LogP contribution in [0.1, 0.15) is 72.9 Å². The lowest BCUT2D eigenvalue weighted by molar-refractivity contribution is -0.138. The molecule has 0 bridgehead atoms. The monoisotopic (exact) mass is 775 g/mol. The minimum absolute atomic E-state index is 0.0454. The molecule has 1 atom stereocenters. The lowest BCUT2D eigenvalue weighted by Gasteiger charge is -2.11. The van der Waals surface area contributed by atoms with Crippen molar-refractivity contribution in [3.63, 3.8) is 0 Å². The van der Waals surface area contributed by atoms with E-state index in [1.807, 2.05) is 0 Å². The standard InChI is InChI=1S/C27H21F3N6O3.C11H7N5O2/c1-15-3-4-17(8-20(15)27(28,29)30)9-24(38)25-10-22(35-39-25)16(2)7-23(37)19-12-34-36-13-18(11-32-26(19)36)21-5-6-31-14-33-21;17-11(18)8-4-15-16-5-7(3-13-10(8)16)9-1-2-12-6-14-9/h3-6,8,10-14,16H,7,9H2,1-2H3;1-6H,(H,17,18)/t16-;/m0./s1. The molecule has 0 radical (unpaired) electrons. The van der Waals surface area contributed by atoms with E-state index in [0.29, 0.717) is 39.5 Å². The summed E-state index contributed by atoms with van der Waals surface area (Å²) in [4.78, 5) is 61.1. The third-order valence-electron chi connectivity index (χ3n) is 8.77. The van der Waals surface area contributed by atoms with Gasteiger partial charge in [-0.15, -0.1) is 0 Å². The van der Waals surface area contributed by atoms with E-state index >= 15 is 0 Å². The van der Waals surface area contributed by atoms with Crippen molar-refractivity contribution in [2.24, 2.45) is 0 Å². The Kier molecular flexibility index (Phi) is 10.4. The molecule has 16 nitrogen and oxygen atoms in total. The van der Waals surface area contributed by atoms with Crippen LogP contribution in [0.4, 0.5) is 13.2 Å². The molecule has 1 aromatic carbocycles. The highest BCUT2D eigenvalue weighted by molar-refractivity contribution is 6.01. The molecule has 0 fully saturated rings. The summed E-state index contributed by atoms with van der Waals surface area (Å²) in [5.74, 6) is -2.29. The predicted molar refractivity (Wildman–Crippen MR) is 193 cm³/mol. The second kappa shape index (κ2) is 15.7. The molecule has 7 aromatic heterocycles. The number of benzene rings is 1. The minimum atomic E-state index is -4.51. The first-order valence-electron chi connectivity index (χ1n) is 17.0. The Morgan fingerprint density at radius 2 is 1.39 bits per heavy atom. The summed E-state index contributed by atoms with van der Waals surface area (Å²) in [5, 5.41) is 21.1. The summed E-state index contributed by atoms with van der Waals surface area (Å²) in [6.07, 6.45) is 10.6. The number of aryl methyl sites for hydroxylation is 1. The Morgan fingerprint density at radius 3 is 1.95 bits per heavy atom. The molecule has 286 valence electrons. The molecule has 0 saturated heterocycles. The van der Waals surface area contributed by atoms with E-state index in [-0.39, 0.29) is 41.1 Å². The van der Waals surface area contributed by atoms with Crippen LogP contribution in [-0.2, 0) is 12.6 Å². The van der Waals surface area contributed by atoms with Crippen LogP contribution in [0.3, 0.4) is 0 Å². The van der Waals surface area contributed by atoms with Crippen LogP contribution in [-0.4, -0.2) is 76.9 Å². The van der Waals surface area contributed by atoms with Gasteiger partial charge < -0.3 is 9.63 Å². The molecular formula is C38H28F3N11O5. The first-order valence-corrected chi connectivity index (χ1v) is 17.0. The topological polar surface area (TPSA) is 209 Å². The molecule has 0 unspecified atom stereocenters. The van der Waals surface area contributed by atoms with E-state index in [1.54, 1.807) is 56.2 Å². The molecule has 0 spiro atoms. The molecular weight excluding hydrogens is 747 g/mol. The maximum absolute atomic E-state index is 13.2. The Balaban J connectivity index is 0.000000229. The largest absolute Gasteiger partial charge is 0.477 e. The van der Waals surface area contributed by atoms with Gasteiger partial charge in [0.1, 0.15) is 18.2 Å². The number of alkyl halides is 3. The number of carbonyl (C=O) groups is 3. The van der Waals surface area contributed by atoms with Crippen molar-refractivity contribution in [2.45, 2.75) is 38.8 Å². The van der Waals surface area contributed by atoms with Crippen LogP contribution < -0.4 is 0 Å². The molecule has 8 rings (SSSR count). The Labute approximate surface area is 319 Å². The Bertz CT molecular complexity index is 2750. The summed E-state index contributed by atoms with van der Waals surface area (Å²) >= 11 is 0. The van der Waals surface area contributed by atoms with Crippen molar-refractivity contribution in [3.05, 3.63) is 138 Å². The number of rotatable bonds is 10. The van der Waals surface area contributed by atoms with Gasteiger partial charge in [0.15, 0.2) is 17.1 Å². The van der Waals surface area contributed by atoms with Crippen molar-refractivity contribution >= 4 is 28.8 Å². The second-order valence-corrected chi connectivity index (χ2v) is 12.7. The van der Waals surface area contributed by atoms with Gasteiger partial charge in [-0.25, -0.2) is 43.7 Å². The number of hydrogen-bond donors (Lipinski definition) is 1. The van der Waals surface area contributed by atoms with Gasteiger partial charge >= 0.3 is 12.1 Å². The summed E-state index contributed by atoms with van der Waals surface area (Å²) in [7, 11) is 0. The van der Waals surface area contributed by atoms with Crippen molar-refractivity contribution in [1.29, 1.82) is 0 Å². The number of carboxylic acid groups (broad SMARTS) is 1. The van der Waals surface area contributed by atoms with E-state index in [2.05, 4.69) is 45.3 Å². The summed E-state index contributed by atoms with van der Waals surface area (Å²) in [6.45, 7) is 3.12. The van der Waals surface area contributed by atoms with Gasteiger partial charge in [0.05, 0.1) is 40.6 Å². The number of aromatic carboxylic acids is 1. The van der Waals surface area contributed by atoms with E-state index in [4.69, 9.17) is 9.63 Å². The average molecular weight is 776 g/mol. The summed E-state index contributed by atoms with van der Waals surface area (Å²) in [6, 6.07) is 8.66. The van der Waals surface area contributed by atoms with Gasteiger partial charge in [0.2, 0.25) is 11.5 Å². The second-order valence-electron chi connectivity index (χ2n) is 12.7. The highest BCUT2D eigenvalue weighted by Gasteiger charge is 2.32. The maximum atomic E-state index is 13.2. The highest BCUT2D eigenvalue weighted by Crippen LogP contribution is 2.33. The zero-order valence-corrected chi connectivity index (χ0v) is 29.9. The predicted octanol–water partition coefficient (Wildman–Crippen LogP) is 6.19. The summed E-state index contributed by atoms with van der Waals surface area (Å²) in [5.41, 5.74) is 3.78. The number of carbonyl (C=O) groups excluding carboxylic acids is 2. The van der Waals surface area contributed by atoms with Gasteiger partial charge in [-0.05, 0) is 36.2 Å². The van der Waals surface area contributed by atoms with Gasteiger partial charge in [-0.1, -0.05) is 24.2 Å². The smallest absolute Gasteiger partial charge is 0.416 e. The number of carboxylic acids is 1. The van der Waals surface area contributed by atoms with Gasteiger partial charge in [0.25, 0.3) is 0 Å². The van der Waals surface area contributed by atoms with Crippen LogP contribution in [0.25, 0.3) is 33.8 Å². The fourth-order valence-corrected chi connectivity index (χ4v) is 5.79. The van der Waals surface area contributed by atoms with Crippen molar-refractivity contribution in [3.8, 4) is 22.5 Å². The highest BCUT2D eigenvalue weighted by atomic mass is 19.4. The van der Waals surface area contributed by atoms with Crippen LogP contribution in [0, 0.1) is 6.92 Å². The molecule has 7 heterocycles. The average Bonchev–Trinajstić information content (AvgIpc) is 3.98. The lowest BCUT2D eigenvalue weighted by Crippen LogP contribution is -2.10. The van der Waals surface area contributed by atoms with E-state index < -0.39 is 29.4 Å². The maximum Gasteiger partial charge on any atom is 0.416 e. The van der Waals surface area contributed by atoms with Crippen LogP contribution in [0.2, 0.25) is 0 Å². The summed E-state index contributed by atoms with van der Waals surface area (Å²) < 4.78 is 47.7. The molecule has 0 aliphatic heterocycles. The van der Waals surface area contributed by atoms with Crippen LogP contribution in [0.5, 0.6) is 0 Å². The number of hydrogen-bond acceptors (Lipinski definition) is 13. The number of nitrogens with zero attached hydrogens (tertiary/aromatic N) is 11. The van der Waals surface area contributed by atoms with Crippen molar-refractivity contribution < 1.29 is 37.2 Å². The van der Waals surface area contributed by atoms with Gasteiger partial charge in [0, 0.05) is 73.1 Å². The normalized spacial score (nSPS) is 11.9. The Morgan fingerprint density at radius 1 is 0.789 bits per heavy atom. The number of fused-ring (bicyclic) bond motifs is 2. The van der Waals surface area contributed by atoms with E-state index in [0.717, 1.165) is 11.6 Å². The van der Waals surface area contributed by atoms with Gasteiger partial charge in [-0.3, -0.25) is 9.59 Å². The number of aromatic nitrogens is 11. The van der Waals surface area contributed by atoms with Crippen LogP contribution >= 0.6 is 0 Å². The number of ketones is 2. The van der Waals surface area contributed by atoms with Crippen molar-refractivity contribution in [1.82, 2.24) is 54.3 Å². The van der Waals surface area contributed by atoms with Crippen LogP contribution in [0.15, 0.2) is 103 Å². The molecule has 0 aliphatic rings. The van der Waals surface area contributed by atoms with Crippen molar-refractivity contribution in [2.75, 3.05) is 0 Å². The molecule has 0 amide bonds.